The molecule has 5 heteroatoms. The molecule has 0 unspecified atom stereocenters. The topological polar surface area (TPSA) is 49.8 Å². The maximum Gasteiger partial charge on any atom is 0.229 e. The highest BCUT2D eigenvalue weighted by Crippen LogP contribution is 2.20. The molecule has 0 saturated carbocycles. The fraction of sp³-hybridized carbons (Fsp3) is 0.111. The van der Waals surface area contributed by atoms with Gasteiger partial charge < -0.3 is 10.6 Å². The predicted molar refractivity (Wildman–Crippen MR) is 98.6 cm³/mol. The third kappa shape index (κ3) is 4.29. The molecule has 0 atom stereocenters. The number of rotatable bonds is 5. The smallest absolute Gasteiger partial charge is 0.229 e. The largest absolute Gasteiger partial charge is 0.340 e. The van der Waals surface area contributed by atoms with Crippen LogP contribution in [0.25, 0.3) is 0 Å². The Balaban J connectivity index is 1.74. The molecule has 1 heterocycles. The first-order valence-corrected chi connectivity index (χ1v) is 8.24. The predicted octanol–water partition coefficient (Wildman–Crippen LogP) is 5.29. The van der Waals surface area contributed by atoms with E-state index in [0.717, 1.165) is 28.1 Å². The summed E-state index contributed by atoms with van der Waals surface area (Å²) in [4.78, 5) is 8.75. The fourth-order valence-electron chi connectivity index (χ4n) is 2.16. The van der Waals surface area contributed by atoms with Crippen molar-refractivity contribution in [2.75, 3.05) is 10.6 Å². The second-order valence-corrected chi connectivity index (χ2v) is 5.99. The molecule has 0 fully saturated rings. The van der Waals surface area contributed by atoms with Crippen LogP contribution in [0, 0.1) is 0 Å². The second-order valence-electron chi connectivity index (χ2n) is 5.08. The van der Waals surface area contributed by atoms with E-state index in [1.165, 1.54) is 5.56 Å². The number of benzene rings is 2. The van der Waals surface area contributed by atoms with Gasteiger partial charge >= 0.3 is 0 Å². The molecule has 4 nitrogen and oxygen atoms in total. The number of anilines is 4. The van der Waals surface area contributed by atoms with Crippen LogP contribution in [0.3, 0.4) is 0 Å². The van der Waals surface area contributed by atoms with Crippen LogP contribution in [0.15, 0.2) is 65.3 Å². The number of nitrogens with zero attached hydrogens (tertiary/aromatic N) is 2. The third-order valence-electron chi connectivity index (χ3n) is 3.37. The zero-order valence-electron chi connectivity index (χ0n) is 12.8. The molecule has 116 valence electrons. The van der Waals surface area contributed by atoms with E-state index < -0.39 is 0 Å². The number of hydrogen-bond acceptors (Lipinski definition) is 4. The second kappa shape index (κ2) is 7.24. The fourth-order valence-corrected chi connectivity index (χ4v) is 2.55. The first kappa shape index (κ1) is 15.5. The lowest BCUT2D eigenvalue weighted by molar-refractivity contribution is 1.14. The minimum atomic E-state index is 0.564. The summed E-state index contributed by atoms with van der Waals surface area (Å²) < 4.78 is 1.02. The molecule has 2 aromatic carbocycles. The van der Waals surface area contributed by atoms with Crippen molar-refractivity contribution >= 4 is 39.1 Å². The van der Waals surface area contributed by atoms with Gasteiger partial charge in [0.05, 0.1) is 0 Å². The van der Waals surface area contributed by atoms with Gasteiger partial charge in [-0.25, -0.2) is 4.98 Å². The standard InChI is InChI=1S/C18H17BrN4/c1-2-13-6-8-15(9-7-13)22-18-20-11-10-17(23-18)21-16-5-3-4-14(19)12-16/h3-12H,2H2,1H3,(H2,20,21,22,23). The lowest BCUT2D eigenvalue weighted by atomic mass is 10.1. The molecular formula is C18H17BrN4. The molecule has 1 aromatic heterocycles. The molecule has 0 spiro atoms. The Bertz CT molecular complexity index is 787. The molecule has 2 N–H and O–H groups in total. The van der Waals surface area contributed by atoms with E-state index in [0.29, 0.717) is 5.95 Å². The summed E-state index contributed by atoms with van der Waals surface area (Å²) in [5, 5.41) is 6.49. The molecule has 0 radical (unpaired) electrons. The highest BCUT2D eigenvalue weighted by Gasteiger charge is 2.01. The minimum Gasteiger partial charge on any atom is -0.340 e. The highest BCUT2D eigenvalue weighted by atomic mass is 79.9. The van der Waals surface area contributed by atoms with Gasteiger partial charge in [-0.1, -0.05) is 41.1 Å². The van der Waals surface area contributed by atoms with Gasteiger partial charge in [0.25, 0.3) is 0 Å². The van der Waals surface area contributed by atoms with Crippen LogP contribution >= 0.6 is 15.9 Å². The summed E-state index contributed by atoms with van der Waals surface area (Å²) in [6, 6.07) is 18.1. The molecule has 0 saturated heterocycles. The van der Waals surface area contributed by atoms with E-state index in [1.54, 1.807) is 6.20 Å². The van der Waals surface area contributed by atoms with Crippen LogP contribution in [-0.2, 0) is 6.42 Å². The van der Waals surface area contributed by atoms with Gasteiger partial charge in [0, 0.05) is 22.0 Å². The van der Waals surface area contributed by atoms with Crippen LogP contribution in [0.2, 0.25) is 0 Å². The van der Waals surface area contributed by atoms with Crippen molar-refractivity contribution in [3.8, 4) is 0 Å². The molecular weight excluding hydrogens is 352 g/mol. The number of hydrogen-bond donors (Lipinski definition) is 2. The first-order valence-electron chi connectivity index (χ1n) is 7.44. The number of nitrogens with one attached hydrogen (secondary N) is 2. The zero-order chi connectivity index (χ0) is 16.1. The molecule has 0 aliphatic carbocycles. The van der Waals surface area contributed by atoms with Gasteiger partial charge in [0.1, 0.15) is 5.82 Å². The van der Waals surface area contributed by atoms with Gasteiger partial charge in [0.2, 0.25) is 5.95 Å². The van der Waals surface area contributed by atoms with E-state index in [4.69, 9.17) is 0 Å². The molecule has 23 heavy (non-hydrogen) atoms. The van der Waals surface area contributed by atoms with E-state index in [9.17, 15) is 0 Å². The Morgan fingerprint density at radius 3 is 2.52 bits per heavy atom. The summed E-state index contributed by atoms with van der Waals surface area (Å²) in [6.07, 6.45) is 2.76. The van der Waals surface area contributed by atoms with Crippen LogP contribution in [0.4, 0.5) is 23.1 Å². The summed E-state index contributed by atoms with van der Waals surface area (Å²) in [6.45, 7) is 2.14. The quantitative estimate of drug-likeness (QED) is 0.642. The monoisotopic (exact) mass is 368 g/mol. The van der Waals surface area contributed by atoms with Crippen LogP contribution in [0.1, 0.15) is 12.5 Å². The average Bonchev–Trinajstić information content (AvgIpc) is 2.56. The van der Waals surface area contributed by atoms with Crippen LogP contribution in [0.5, 0.6) is 0 Å². The Labute approximate surface area is 144 Å². The molecule has 0 amide bonds. The maximum absolute atomic E-state index is 4.49. The lowest BCUT2D eigenvalue weighted by Gasteiger charge is -2.09. The SMILES string of the molecule is CCc1ccc(Nc2nccc(Nc3cccc(Br)c3)n2)cc1. The lowest BCUT2D eigenvalue weighted by Crippen LogP contribution is -2.00. The average molecular weight is 369 g/mol. The van der Waals surface area contributed by atoms with Crippen molar-refractivity contribution in [3.05, 3.63) is 70.8 Å². The van der Waals surface area contributed by atoms with Gasteiger partial charge in [-0.3, -0.25) is 0 Å². The molecule has 3 aromatic rings. The normalized spacial score (nSPS) is 10.3. The van der Waals surface area contributed by atoms with Crippen molar-refractivity contribution in [1.82, 2.24) is 9.97 Å². The van der Waals surface area contributed by atoms with Gasteiger partial charge in [-0.15, -0.1) is 0 Å². The van der Waals surface area contributed by atoms with E-state index >= 15 is 0 Å². The van der Waals surface area contributed by atoms with Gasteiger partial charge in [-0.05, 0) is 48.4 Å². The molecule has 0 aliphatic rings. The number of aromatic nitrogens is 2. The summed E-state index contributed by atoms with van der Waals surface area (Å²) in [5.41, 5.74) is 3.25. The van der Waals surface area contributed by atoms with Crippen molar-refractivity contribution in [1.29, 1.82) is 0 Å². The van der Waals surface area contributed by atoms with E-state index in [1.807, 2.05) is 42.5 Å². The summed E-state index contributed by atoms with van der Waals surface area (Å²) in [7, 11) is 0. The summed E-state index contributed by atoms with van der Waals surface area (Å²) in [5.74, 6) is 1.31. The van der Waals surface area contributed by atoms with E-state index in [-0.39, 0.29) is 0 Å². The maximum atomic E-state index is 4.49. The molecule has 0 aliphatic heterocycles. The van der Waals surface area contributed by atoms with E-state index in [2.05, 4.69) is 55.6 Å². The molecule has 3 rings (SSSR count). The van der Waals surface area contributed by atoms with Crippen LogP contribution < -0.4 is 10.6 Å². The van der Waals surface area contributed by atoms with Crippen molar-refractivity contribution in [3.63, 3.8) is 0 Å². The van der Waals surface area contributed by atoms with Gasteiger partial charge in [-0.2, -0.15) is 4.98 Å². The Kier molecular flexibility index (Phi) is 4.88. The minimum absolute atomic E-state index is 0.564. The van der Waals surface area contributed by atoms with Gasteiger partial charge in [0.15, 0.2) is 0 Å². The van der Waals surface area contributed by atoms with Crippen molar-refractivity contribution < 1.29 is 0 Å². The number of aryl methyl sites for hydroxylation is 1. The molecule has 0 bridgehead atoms. The Morgan fingerprint density at radius 2 is 1.78 bits per heavy atom. The van der Waals surface area contributed by atoms with Crippen LogP contribution in [-0.4, -0.2) is 9.97 Å². The zero-order valence-corrected chi connectivity index (χ0v) is 14.3. The van der Waals surface area contributed by atoms with Crippen molar-refractivity contribution in [2.24, 2.45) is 0 Å². The third-order valence-corrected chi connectivity index (χ3v) is 3.86. The Morgan fingerprint density at radius 1 is 0.957 bits per heavy atom. The number of halogens is 1. The highest BCUT2D eigenvalue weighted by molar-refractivity contribution is 9.10. The Hall–Kier alpha value is -2.40. The van der Waals surface area contributed by atoms with Crippen molar-refractivity contribution in [2.45, 2.75) is 13.3 Å². The first-order chi connectivity index (χ1) is 11.2. The summed E-state index contributed by atoms with van der Waals surface area (Å²) >= 11 is 3.46.